The molecule has 0 amide bonds. The zero-order valence-corrected chi connectivity index (χ0v) is 6.77. The Kier molecular flexibility index (Phi) is 2.63. The molecule has 0 saturated heterocycles. The van der Waals surface area contributed by atoms with Crippen LogP contribution >= 0.6 is 0 Å². The fourth-order valence-corrected chi connectivity index (χ4v) is 0.893. The Balaban J connectivity index is 2.81. The molecule has 1 heterocycles. The summed E-state index contributed by atoms with van der Waals surface area (Å²) in [5, 5.41) is 8.35. The van der Waals surface area contributed by atoms with Crippen LogP contribution in [0.5, 0.6) is 0 Å². The Morgan fingerprint density at radius 3 is 3.17 bits per heavy atom. The Hall–Kier alpha value is -1.58. The van der Waals surface area contributed by atoms with Gasteiger partial charge in [0.1, 0.15) is 5.82 Å². The van der Waals surface area contributed by atoms with Gasteiger partial charge in [0.05, 0.1) is 0 Å². The van der Waals surface area contributed by atoms with Crippen molar-refractivity contribution in [3.8, 4) is 0 Å². The molecule has 1 aromatic heterocycles. The number of carboxylic acids is 1. The van der Waals surface area contributed by atoms with E-state index in [4.69, 9.17) is 5.11 Å². The molecule has 0 unspecified atom stereocenters. The Labute approximate surface area is 70.2 Å². The number of hydrogen-bond acceptors (Lipinski definition) is 2. The van der Waals surface area contributed by atoms with Gasteiger partial charge < -0.3 is 9.67 Å². The van der Waals surface area contributed by atoms with E-state index in [0.29, 0.717) is 5.82 Å². The summed E-state index contributed by atoms with van der Waals surface area (Å²) in [6.45, 7) is 2.76. The minimum absolute atomic E-state index is 0.667. The van der Waals surface area contributed by atoms with Gasteiger partial charge in [-0.1, -0.05) is 0 Å². The summed E-state index contributed by atoms with van der Waals surface area (Å²) >= 11 is 0. The lowest BCUT2D eigenvalue weighted by Crippen LogP contribution is -1.96. The second-order valence-electron chi connectivity index (χ2n) is 2.24. The van der Waals surface area contributed by atoms with Gasteiger partial charge in [-0.3, -0.25) is 0 Å². The first-order valence-electron chi connectivity index (χ1n) is 3.66. The highest BCUT2D eigenvalue weighted by Gasteiger charge is 1.95. The van der Waals surface area contributed by atoms with Gasteiger partial charge in [-0.15, -0.1) is 0 Å². The van der Waals surface area contributed by atoms with E-state index >= 15 is 0 Å². The first-order chi connectivity index (χ1) is 5.74. The van der Waals surface area contributed by atoms with E-state index in [1.54, 1.807) is 6.20 Å². The molecule has 0 radical (unpaired) electrons. The maximum absolute atomic E-state index is 10.2. The smallest absolute Gasteiger partial charge is 0.328 e. The second kappa shape index (κ2) is 3.71. The van der Waals surface area contributed by atoms with Crippen LogP contribution < -0.4 is 0 Å². The number of aryl methyl sites for hydroxylation is 1. The van der Waals surface area contributed by atoms with Gasteiger partial charge in [0.25, 0.3) is 0 Å². The van der Waals surface area contributed by atoms with Crippen molar-refractivity contribution in [1.29, 1.82) is 0 Å². The molecule has 0 spiro atoms. The van der Waals surface area contributed by atoms with Crippen LogP contribution in [0.1, 0.15) is 12.7 Å². The molecule has 0 fully saturated rings. The van der Waals surface area contributed by atoms with Crippen molar-refractivity contribution in [1.82, 2.24) is 9.55 Å². The molecular formula is C8H10N2O2. The van der Waals surface area contributed by atoms with Gasteiger partial charge in [0, 0.05) is 25.0 Å². The molecule has 1 rings (SSSR count). The Morgan fingerprint density at radius 1 is 1.83 bits per heavy atom. The van der Waals surface area contributed by atoms with Gasteiger partial charge in [0.2, 0.25) is 0 Å². The van der Waals surface area contributed by atoms with Crippen LogP contribution in [0.15, 0.2) is 18.5 Å². The normalized spacial score (nSPS) is 10.8. The number of rotatable bonds is 3. The van der Waals surface area contributed by atoms with Crippen molar-refractivity contribution in [3.63, 3.8) is 0 Å². The van der Waals surface area contributed by atoms with Crippen molar-refractivity contribution in [2.45, 2.75) is 13.5 Å². The molecule has 12 heavy (non-hydrogen) atoms. The van der Waals surface area contributed by atoms with Crippen molar-refractivity contribution in [2.24, 2.45) is 0 Å². The summed E-state index contributed by atoms with van der Waals surface area (Å²) < 4.78 is 1.86. The number of aliphatic carboxylic acids is 1. The third kappa shape index (κ3) is 1.95. The van der Waals surface area contributed by atoms with E-state index in [2.05, 4.69) is 4.98 Å². The van der Waals surface area contributed by atoms with Crippen molar-refractivity contribution in [2.75, 3.05) is 0 Å². The molecule has 0 aliphatic rings. The SMILES string of the molecule is CCn1ccnc1C=CC(=O)O. The van der Waals surface area contributed by atoms with Gasteiger partial charge >= 0.3 is 5.97 Å². The zero-order valence-electron chi connectivity index (χ0n) is 6.77. The Morgan fingerprint density at radius 2 is 2.58 bits per heavy atom. The van der Waals surface area contributed by atoms with Gasteiger partial charge in [-0.05, 0) is 13.0 Å². The topological polar surface area (TPSA) is 55.1 Å². The number of carbonyl (C=O) groups is 1. The van der Waals surface area contributed by atoms with Crippen LogP contribution in [-0.2, 0) is 11.3 Å². The molecule has 4 nitrogen and oxygen atoms in total. The standard InChI is InChI=1S/C8H10N2O2/c1-2-10-6-5-9-7(10)3-4-8(11)12/h3-6H,2H2,1H3,(H,11,12). The summed E-state index contributed by atoms with van der Waals surface area (Å²) in [6.07, 6.45) is 6.01. The lowest BCUT2D eigenvalue weighted by atomic mass is 10.4. The highest BCUT2D eigenvalue weighted by molar-refractivity contribution is 5.84. The molecule has 0 saturated carbocycles. The molecule has 4 heteroatoms. The lowest BCUT2D eigenvalue weighted by molar-refractivity contribution is -0.131. The van der Waals surface area contributed by atoms with E-state index in [1.807, 2.05) is 17.7 Å². The van der Waals surface area contributed by atoms with Crippen molar-refractivity contribution in [3.05, 3.63) is 24.3 Å². The molecule has 0 aromatic carbocycles. The van der Waals surface area contributed by atoms with Crippen LogP contribution in [-0.4, -0.2) is 20.6 Å². The summed E-state index contributed by atoms with van der Waals surface area (Å²) in [6, 6.07) is 0. The average Bonchev–Trinajstić information content (AvgIpc) is 2.47. The van der Waals surface area contributed by atoms with Crippen LogP contribution in [0.25, 0.3) is 6.08 Å². The highest BCUT2D eigenvalue weighted by atomic mass is 16.4. The monoisotopic (exact) mass is 166 g/mol. The van der Waals surface area contributed by atoms with Crippen molar-refractivity contribution < 1.29 is 9.90 Å². The minimum Gasteiger partial charge on any atom is -0.478 e. The molecule has 0 aliphatic carbocycles. The van der Waals surface area contributed by atoms with E-state index in [-0.39, 0.29) is 0 Å². The summed E-state index contributed by atoms with van der Waals surface area (Å²) in [7, 11) is 0. The fraction of sp³-hybridized carbons (Fsp3) is 0.250. The van der Waals surface area contributed by atoms with E-state index in [9.17, 15) is 4.79 Å². The third-order valence-corrected chi connectivity index (χ3v) is 1.46. The van der Waals surface area contributed by atoms with E-state index in [0.717, 1.165) is 12.6 Å². The second-order valence-corrected chi connectivity index (χ2v) is 2.24. The largest absolute Gasteiger partial charge is 0.478 e. The molecule has 0 bridgehead atoms. The van der Waals surface area contributed by atoms with Gasteiger partial charge in [-0.25, -0.2) is 9.78 Å². The summed E-state index contributed by atoms with van der Waals surface area (Å²) in [5.74, 6) is -0.291. The van der Waals surface area contributed by atoms with Gasteiger partial charge in [0.15, 0.2) is 0 Å². The number of imidazole rings is 1. The molecule has 0 aliphatic heterocycles. The minimum atomic E-state index is -0.958. The highest BCUT2D eigenvalue weighted by Crippen LogP contribution is 1.99. The molecular weight excluding hydrogens is 156 g/mol. The summed E-state index contributed by atoms with van der Waals surface area (Å²) in [5.41, 5.74) is 0. The average molecular weight is 166 g/mol. The van der Waals surface area contributed by atoms with Crippen LogP contribution in [0.3, 0.4) is 0 Å². The molecule has 64 valence electrons. The number of hydrogen-bond donors (Lipinski definition) is 1. The predicted molar refractivity (Wildman–Crippen MR) is 44.6 cm³/mol. The molecule has 1 aromatic rings. The zero-order chi connectivity index (χ0) is 8.97. The van der Waals surface area contributed by atoms with Crippen LogP contribution in [0.2, 0.25) is 0 Å². The van der Waals surface area contributed by atoms with Crippen LogP contribution in [0.4, 0.5) is 0 Å². The van der Waals surface area contributed by atoms with Crippen LogP contribution in [0, 0.1) is 0 Å². The van der Waals surface area contributed by atoms with E-state index in [1.165, 1.54) is 6.08 Å². The number of carboxylic acid groups (broad SMARTS) is 1. The van der Waals surface area contributed by atoms with Gasteiger partial charge in [-0.2, -0.15) is 0 Å². The molecule has 0 atom stereocenters. The summed E-state index contributed by atoms with van der Waals surface area (Å²) in [4.78, 5) is 14.1. The Bertz CT molecular complexity index is 302. The quantitative estimate of drug-likeness (QED) is 0.681. The van der Waals surface area contributed by atoms with E-state index < -0.39 is 5.97 Å². The maximum atomic E-state index is 10.2. The fourth-order valence-electron chi connectivity index (χ4n) is 0.893. The van der Waals surface area contributed by atoms with Crippen molar-refractivity contribution >= 4 is 12.0 Å². The number of nitrogens with zero attached hydrogens (tertiary/aromatic N) is 2. The lowest BCUT2D eigenvalue weighted by Gasteiger charge is -1.97. The first kappa shape index (κ1) is 8.52. The predicted octanol–water partition coefficient (Wildman–Crippen LogP) is 1.00. The first-order valence-corrected chi connectivity index (χ1v) is 3.66. The molecule has 1 N–H and O–H groups in total. The maximum Gasteiger partial charge on any atom is 0.328 e. The third-order valence-electron chi connectivity index (χ3n) is 1.46. The number of aromatic nitrogens is 2.